The second-order valence-electron chi connectivity index (χ2n) is 2.12. The highest BCUT2D eigenvalue weighted by Gasteiger charge is 2.45. The van der Waals surface area contributed by atoms with Crippen molar-refractivity contribution in [1.29, 1.82) is 0 Å². The van der Waals surface area contributed by atoms with E-state index in [0.717, 1.165) is 6.20 Å². The van der Waals surface area contributed by atoms with Gasteiger partial charge in [0.15, 0.2) is 0 Å². The zero-order valence-electron chi connectivity index (χ0n) is 6.39. The van der Waals surface area contributed by atoms with Crippen LogP contribution in [0.4, 0.5) is 13.2 Å². The average molecular weight is 228 g/mol. The number of thiazole rings is 1. The van der Waals surface area contributed by atoms with E-state index in [1.165, 1.54) is 5.38 Å². The normalized spacial score (nSPS) is 13.6. The lowest BCUT2D eigenvalue weighted by Crippen LogP contribution is -2.25. The van der Waals surface area contributed by atoms with E-state index >= 15 is 0 Å². The Bertz CT molecular complexity index is 313. The summed E-state index contributed by atoms with van der Waals surface area (Å²) >= 11 is 0.639. The molecule has 1 aromatic heterocycles. The number of halogens is 3. The second kappa shape index (κ2) is 3.78. The molecule has 5 nitrogen and oxygen atoms in total. The van der Waals surface area contributed by atoms with Crippen molar-refractivity contribution in [3.8, 4) is 0 Å². The summed E-state index contributed by atoms with van der Waals surface area (Å²) in [7, 11) is 0. The number of hydrogen-bond donors (Lipinski definition) is 0. The van der Waals surface area contributed by atoms with Gasteiger partial charge in [-0.2, -0.15) is 13.2 Å². The van der Waals surface area contributed by atoms with Crippen LogP contribution in [0, 0.1) is 10.1 Å². The third-order valence-electron chi connectivity index (χ3n) is 1.16. The van der Waals surface area contributed by atoms with Gasteiger partial charge in [0.25, 0.3) is 11.2 Å². The van der Waals surface area contributed by atoms with Gasteiger partial charge >= 0.3 is 6.18 Å². The minimum atomic E-state index is -4.84. The number of alkyl halides is 3. The maximum absolute atomic E-state index is 12.2. The van der Waals surface area contributed by atoms with E-state index in [2.05, 4.69) is 9.82 Å². The highest BCUT2D eigenvalue weighted by molar-refractivity contribution is 7.09. The van der Waals surface area contributed by atoms with Gasteiger partial charge in [-0.25, -0.2) is 4.98 Å². The molecule has 1 unspecified atom stereocenters. The van der Waals surface area contributed by atoms with Crippen LogP contribution in [0.1, 0.15) is 11.1 Å². The minimum absolute atomic E-state index is 0.491. The van der Waals surface area contributed by atoms with Crippen molar-refractivity contribution < 1.29 is 23.1 Å². The van der Waals surface area contributed by atoms with Crippen LogP contribution in [-0.4, -0.2) is 16.2 Å². The molecular formula is C5H3F3N2O3S. The van der Waals surface area contributed by atoms with E-state index in [-0.39, 0.29) is 0 Å². The van der Waals surface area contributed by atoms with Crippen LogP contribution in [0.5, 0.6) is 0 Å². The molecule has 78 valence electrons. The van der Waals surface area contributed by atoms with Crippen LogP contribution < -0.4 is 0 Å². The standard InChI is InChI=1S/C5H3F3N2O3S/c6-5(7,8)3(13-10(11)12)4-9-1-2-14-4/h1-3H. The summed E-state index contributed by atoms with van der Waals surface area (Å²) in [5, 5.41) is 9.11. The van der Waals surface area contributed by atoms with E-state index in [9.17, 15) is 23.3 Å². The Balaban J connectivity index is 2.89. The van der Waals surface area contributed by atoms with Gasteiger partial charge in [0.05, 0.1) is 0 Å². The first-order valence-corrected chi connectivity index (χ1v) is 4.06. The van der Waals surface area contributed by atoms with Crippen molar-refractivity contribution in [3.05, 3.63) is 26.7 Å². The Kier molecular flexibility index (Phi) is 2.89. The summed E-state index contributed by atoms with van der Waals surface area (Å²) in [5.41, 5.74) is 0. The Morgan fingerprint density at radius 1 is 1.64 bits per heavy atom. The topological polar surface area (TPSA) is 65.3 Å². The van der Waals surface area contributed by atoms with Gasteiger partial charge in [0.2, 0.25) is 0 Å². The first-order chi connectivity index (χ1) is 6.41. The van der Waals surface area contributed by atoms with Gasteiger partial charge in [-0.15, -0.1) is 21.5 Å². The molecule has 0 saturated carbocycles. The maximum Gasteiger partial charge on any atom is 0.421 e. The van der Waals surface area contributed by atoms with E-state index in [1.54, 1.807) is 0 Å². The summed E-state index contributed by atoms with van der Waals surface area (Å²) in [5.74, 6) is 0. The highest BCUT2D eigenvalue weighted by atomic mass is 32.1. The Morgan fingerprint density at radius 2 is 2.29 bits per heavy atom. The van der Waals surface area contributed by atoms with E-state index in [4.69, 9.17) is 0 Å². The highest BCUT2D eigenvalue weighted by Crippen LogP contribution is 2.36. The first-order valence-electron chi connectivity index (χ1n) is 3.18. The number of rotatable bonds is 3. The van der Waals surface area contributed by atoms with Crippen LogP contribution in [0.2, 0.25) is 0 Å². The van der Waals surface area contributed by atoms with Gasteiger partial charge in [-0.1, -0.05) is 0 Å². The third-order valence-corrected chi connectivity index (χ3v) is 1.98. The van der Waals surface area contributed by atoms with Crippen molar-refractivity contribution in [2.45, 2.75) is 12.3 Å². The van der Waals surface area contributed by atoms with Gasteiger partial charge in [0.1, 0.15) is 5.01 Å². The van der Waals surface area contributed by atoms with Crippen molar-refractivity contribution in [2.75, 3.05) is 0 Å². The lowest BCUT2D eigenvalue weighted by Gasteiger charge is -2.15. The van der Waals surface area contributed by atoms with E-state index < -0.39 is 22.4 Å². The molecule has 1 rings (SSSR count). The summed E-state index contributed by atoms with van der Waals surface area (Å²) in [4.78, 5) is 16.6. The van der Waals surface area contributed by atoms with Crippen molar-refractivity contribution >= 4 is 11.3 Å². The zero-order valence-corrected chi connectivity index (χ0v) is 7.21. The van der Waals surface area contributed by atoms with Crippen LogP contribution >= 0.6 is 11.3 Å². The fraction of sp³-hybridized carbons (Fsp3) is 0.400. The molecule has 0 aromatic carbocycles. The molecule has 14 heavy (non-hydrogen) atoms. The molecule has 0 bridgehead atoms. The van der Waals surface area contributed by atoms with Gasteiger partial charge in [0, 0.05) is 11.6 Å². The second-order valence-corrected chi connectivity index (χ2v) is 3.05. The molecule has 9 heteroatoms. The molecule has 0 amide bonds. The van der Waals surface area contributed by atoms with Crippen LogP contribution in [0.3, 0.4) is 0 Å². The van der Waals surface area contributed by atoms with Crippen LogP contribution in [-0.2, 0) is 4.84 Å². The van der Waals surface area contributed by atoms with Crippen molar-refractivity contribution in [3.63, 3.8) is 0 Å². The molecule has 0 spiro atoms. The molecule has 1 atom stereocenters. The molecule has 1 aromatic rings. The molecule has 0 radical (unpaired) electrons. The van der Waals surface area contributed by atoms with Crippen molar-refractivity contribution in [1.82, 2.24) is 4.98 Å². The maximum atomic E-state index is 12.2. The van der Waals surface area contributed by atoms with Gasteiger partial charge in [-0.3, -0.25) is 4.84 Å². The third kappa shape index (κ3) is 2.55. The molecule has 1 heterocycles. The zero-order chi connectivity index (χ0) is 10.8. The number of hydrogen-bond acceptors (Lipinski definition) is 5. The van der Waals surface area contributed by atoms with E-state index in [1.807, 2.05) is 0 Å². The molecular weight excluding hydrogens is 225 g/mol. The predicted octanol–water partition coefficient (Wildman–Crippen LogP) is 1.95. The lowest BCUT2D eigenvalue weighted by molar-refractivity contribution is -0.778. The SMILES string of the molecule is O=[N+]([O-])OC(c1nccs1)C(F)(F)F. The van der Waals surface area contributed by atoms with Gasteiger partial charge in [-0.05, 0) is 0 Å². The minimum Gasteiger partial charge on any atom is -0.293 e. The summed E-state index contributed by atoms with van der Waals surface area (Å²) in [6.07, 6.45) is -6.33. The first kappa shape index (κ1) is 10.7. The Labute approximate surface area is 79.2 Å². The number of nitrogens with zero attached hydrogens (tertiary/aromatic N) is 2. The Morgan fingerprint density at radius 3 is 2.64 bits per heavy atom. The smallest absolute Gasteiger partial charge is 0.293 e. The fourth-order valence-corrected chi connectivity index (χ4v) is 1.38. The average Bonchev–Trinajstić information content (AvgIpc) is 2.49. The van der Waals surface area contributed by atoms with Crippen molar-refractivity contribution in [2.24, 2.45) is 0 Å². The predicted molar refractivity (Wildman–Crippen MR) is 39.0 cm³/mol. The summed E-state index contributed by atoms with van der Waals surface area (Å²) in [6, 6.07) is 0. The number of aromatic nitrogens is 1. The largest absolute Gasteiger partial charge is 0.421 e. The molecule has 0 aliphatic heterocycles. The monoisotopic (exact) mass is 228 g/mol. The van der Waals surface area contributed by atoms with Gasteiger partial charge < -0.3 is 0 Å². The fourth-order valence-electron chi connectivity index (χ4n) is 0.695. The lowest BCUT2D eigenvalue weighted by atomic mass is 10.4. The molecule has 0 fully saturated rings. The quantitative estimate of drug-likeness (QED) is 0.585. The van der Waals surface area contributed by atoms with Crippen LogP contribution in [0.15, 0.2) is 11.6 Å². The Hall–Kier alpha value is -1.38. The molecule has 0 aliphatic rings. The molecule has 0 aliphatic carbocycles. The molecule has 0 N–H and O–H groups in total. The van der Waals surface area contributed by atoms with Crippen LogP contribution in [0.25, 0.3) is 0 Å². The van der Waals surface area contributed by atoms with E-state index in [0.29, 0.717) is 11.3 Å². The summed E-state index contributed by atoms with van der Waals surface area (Å²) in [6.45, 7) is 0. The molecule has 0 saturated heterocycles. The summed E-state index contributed by atoms with van der Waals surface area (Å²) < 4.78 is 36.5.